The number of fused-ring (bicyclic) bond motifs is 13. The Morgan fingerprint density at radius 2 is 0.963 bits per heavy atom. The van der Waals surface area contributed by atoms with E-state index in [-0.39, 0.29) is 0 Å². The molecule has 0 bridgehead atoms. The van der Waals surface area contributed by atoms with Crippen LogP contribution in [-0.2, 0) is 0 Å². The van der Waals surface area contributed by atoms with Crippen LogP contribution in [0.15, 0.2) is 180 Å². The summed E-state index contributed by atoms with van der Waals surface area (Å²) >= 11 is 3.79. The Labute approximate surface area is 318 Å². The molecule has 4 heteroatoms. The summed E-state index contributed by atoms with van der Waals surface area (Å²) in [6.45, 7) is 0. The number of hydrogen-bond acceptors (Lipinski definition) is 4. The molecule has 0 radical (unpaired) electrons. The molecular formula is C50H29NOS2. The van der Waals surface area contributed by atoms with Crippen molar-refractivity contribution in [2.24, 2.45) is 0 Å². The molecule has 12 aromatic rings. The van der Waals surface area contributed by atoms with Gasteiger partial charge in [-0.05, 0) is 93.3 Å². The average Bonchev–Trinajstić information content (AvgIpc) is 3.91. The number of benzene rings is 9. The Hall–Kier alpha value is -6.46. The number of nitrogens with zero attached hydrogens (tertiary/aromatic N) is 1. The topological polar surface area (TPSA) is 16.4 Å². The van der Waals surface area contributed by atoms with Crippen molar-refractivity contribution in [3.8, 4) is 11.1 Å². The minimum Gasteiger partial charge on any atom is -0.456 e. The molecule has 0 aliphatic carbocycles. The molecule has 3 heterocycles. The first-order valence-corrected chi connectivity index (χ1v) is 19.9. The summed E-state index contributed by atoms with van der Waals surface area (Å²) < 4.78 is 11.7. The van der Waals surface area contributed by atoms with Gasteiger partial charge in [-0.3, -0.25) is 0 Å². The summed E-state index contributed by atoms with van der Waals surface area (Å²) in [7, 11) is 0. The van der Waals surface area contributed by atoms with E-state index in [0.29, 0.717) is 0 Å². The summed E-state index contributed by atoms with van der Waals surface area (Å²) in [6.07, 6.45) is 0. The zero-order valence-corrected chi connectivity index (χ0v) is 30.5. The van der Waals surface area contributed by atoms with E-state index >= 15 is 0 Å². The van der Waals surface area contributed by atoms with Gasteiger partial charge in [0, 0.05) is 74.2 Å². The van der Waals surface area contributed by atoms with Gasteiger partial charge in [-0.15, -0.1) is 22.7 Å². The maximum absolute atomic E-state index is 6.41. The highest BCUT2D eigenvalue weighted by Crippen LogP contribution is 2.48. The quantitative estimate of drug-likeness (QED) is 0.180. The van der Waals surface area contributed by atoms with Gasteiger partial charge in [0.25, 0.3) is 0 Å². The Morgan fingerprint density at radius 3 is 1.83 bits per heavy atom. The average molecular weight is 724 g/mol. The lowest BCUT2D eigenvalue weighted by atomic mass is 10.0. The number of para-hydroxylation sites is 1. The summed E-state index contributed by atoms with van der Waals surface area (Å²) in [5.74, 6) is 0. The van der Waals surface area contributed by atoms with Crippen LogP contribution in [-0.4, -0.2) is 0 Å². The SMILES string of the molecule is c1ccc2cc(-c3ccc(N(c4ccc5c(c4)oc4ccccc45)c4ccc5c(c4)sc4ccc6sc7c8ccccc8ccc7c6c45)cc3)ccc2c1. The minimum absolute atomic E-state index is 0.883. The molecule has 0 fully saturated rings. The fraction of sp³-hybridized carbons (Fsp3) is 0. The molecule has 3 aromatic heterocycles. The van der Waals surface area contributed by atoms with Crippen molar-refractivity contribution in [3.63, 3.8) is 0 Å². The van der Waals surface area contributed by atoms with Gasteiger partial charge in [-0.1, -0.05) is 109 Å². The van der Waals surface area contributed by atoms with Crippen LogP contribution < -0.4 is 4.90 Å². The highest BCUT2D eigenvalue weighted by atomic mass is 32.1. The molecule has 0 spiro atoms. The first-order chi connectivity index (χ1) is 26.7. The van der Waals surface area contributed by atoms with Crippen LogP contribution in [0, 0.1) is 0 Å². The van der Waals surface area contributed by atoms with E-state index in [1.54, 1.807) is 0 Å². The minimum atomic E-state index is 0.883. The number of anilines is 3. The predicted molar refractivity (Wildman–Crippen MR) is 235 cm³/mol. The third-order valence-electron chi connectivity index (χ3n) is 11.0. The van der Waals surface area contributed by atoms with Crippen LogP contribution in [0.2, 0.25) is 0 Å². The second-order valence-corrected chi connectivity index (χ2v) is 16.2. The van der Waals surface area contributed by atoms with Crippen LogP contribution in [0.4, 0.5) is 17.1 Å². The molecule has 0 saturated carbocycles. The number of rotatable bonds is 4. The molecule has 2 nitrogen and oxygen atoms in total. The maximum atomic E-state index is 6.41. The fourth-order valence-electron chi connectivity index (χ4n) is 8.46. The van der Waals surface area contributed by atoms with E-state index in [4.69, 9.17) is 4.42 Å². The van der Waals surface area contributed by atoms with Crippen molar-refractivity contribution in [2.75, 3.05) is 4.90 Å². The summed E-state index contributed by atoms with van der Waals surface area (Å²) in [4.78, 5) is 2.36. The van der Waals surface area contributed by atoms with E-state index in [0.717, 1.165) is 39.0 Å². The second-order valence-electron chi connectivity index (χ2n) is 14.1. The summed E-state index contributed by atoms with van der Waals surface area (Å²) in [6, 6.07) is 64.1. The lowest BCUT2D eigenvalue weighted by Crippen LogP contribution is -2.09. The van der Waals surface area contributed by atoms with E-state index < -0.39 is 0 Å². The first kappa shape index (κ1) is 30.0. The maximum Gasteiger partial charge on any atom is 0.137 e. The predicted octanol–water partition coefficient (Wildman–Crippen LogP) is 15.8. The number of thiophene rings is 2. The van der Waals surface area contributed by atoms with Crippen molar-refractivity contribution in [1.29, 1.82) is 0 Å². The Balaban J connectivity index is 1.04. The fourth-order valence-corrected chi connectivity index (χ4v) is 10.9. The zero-order valence-electron chi connectivity index (χ0n) is 28.9. The highest BCUT2D eigenvalue weighted by Gasteiger charge is 2.19. The van der Waals surface area contributed by atoms with Gasteiger partial charge in [0.15, 0.2) is 0 Å². The lowest BCUT2D eigenvalue weighted by Gasteiger charge is -2.26. The van der Waals surface area contributed by atoms with Crippen molar-refractivity contribution < 1.29 is 4.42 Å². The number of furan rings is 1. The van der Waals surface area contributed by atoms with E-state index in [1.807, 2.05) is 34.8 Å². The van der Waals surface area contributed by atoms with Gasteiger partial charge in [0.2, 0.25) is 0 Å². The highest BCUT2D eigenvalue weighted by molar-refractivity contribution is 7.28. The third-order valence-corrected chi connectivity index (χ3v) is 13.4. The van der Waals surface area contributed by atoms with Gasteiger partial charge in [0.05, 0.1) is 0 Å². The second kappa shape index (κ2) is 11.5. The first-order valence-electron chi connectivity index (χ1n) is 18.2. The van der Waals surface area contributed by atoms with Crippen molar-refractivity contribution in [1.82, 2.24) is 0 Å². The molecule has 0 N–H and O–H groups in total. The van der Waals surface area contributed by atoms with E-state index in [9.17, 15) is 0 Å². The van der Waals surface area contributed by atoms with Gasteiger partial charge in [-0.2, -0.15) is 0 Å². The standard InChI is InChI=1S/C50H29NOS2/c1-2-9-33-27-34(14-13-30(33)7-1)31-15-18-35(19-16-31)51(36-20-23-40-39-11-5-6-12-43(39)52-44(40)28-36)37-21-24-41-47(29-37)53-45-25-26-46-49(48(41)45)42-22-17-32-8-3-4-10-38(32)50(42)54-46/h1-29H. The van der Waals surface area contributed by atoms with E-state index in [2.05, 4.69) is 169 Å². The van der Waals surface area contributed by atoms with Crippen LogP contribution in [0.3, 0.4) is 0 Å². The van der Waals surface area contributed by atoms with Crippen molar-refractivity contribution in [3.05, 3.63) is 176 Å². The van der Waals surface area contributed by atoms with Gasteiger partial charge in [-0.25, -0.2) is 0 Å². The van der Waals surface area contributed by atoms with Crippen LogP contribution in [0.25, 0.3) is 95.0 Å². The third kappa shape index (κ3) is 4.51. The molecule has 9 aromatic carbocycles. The van der Waals surface area contributed by atoms with Gasteiger partial charge < -0.3 is 9.32 Å². The van der Waals surface area contributed by atoms with Gasteiger partial charge >= 0.3 is 0 Å². The van der Waals surface area contributed by atoms with Crippen LogP contribution in [0.1, 0.15) is 0 Å². The Kier molecular flexibility index (Phi) is 6.41. The number of hydrogen-bond donors (Lipinski definition) is 0. The lowest BCUT2D eigenvalue weighted by molar-refractivity contribution is 0.669. The summed E-state index contributed by atoms with van der Waals surface area (Å²) in [5, 5.41) is 12.8. The van der Waals surface area contributed by atoms with Crippen molar-refractivity contribution in [2.45, 2.75) is 0 Å². The normalized spacial score (nSPS) is 12.1. The smallest absolute Gasteiger partial charge is 0.137 e. The molecule has 0 atom stereocenters. The van der Waals surface area contributed by atoms with Crippen LogP contribution >= 0.6 is 22.7 Å². The van der Waals surface area contributed by atoms with Crippen molar-refractivity contribution >= 4 is 124 Å². The molecule has 252 valence electrons. The largest absolute Gasteiger partial charge is 0.456 e. The van der Waals surface area contributed by atoms with Gasteiger partial charge in [0.1, 0.15) is 11.2 Å². The molecule has 0 aliphatic rings. The zero-order chi connectivity index (χ0) is 35.3. The summed E-state index contributed by atoms with van der Waals surface area (Å²) in [5.41, 5.74) is 7.45. The molecule has 12 rings (SSSR count). The van der Waals surface area contributed by atoms with Crippen LogP contribution in [0.5, 0.6) is 0 Å². The molecular weight excluding hydrogens is 695 g/mol. The van der Waals surface area contributed by atoms with E-state index in [1.165, 1.54) is 73.0 Å². The molecule has 0 aliphatic heterocycles. The molecule has 54 heavy (non-hydrogen) atoms. The monoisotopic (exact) mass is 723 g/mol. The molecule has 0 amide bonds. The molecule has 0 saturated heterocycles. The Bertz CT molecular complexity index is 3460. The molecule has 0 unspecified atom stereocenters. The Morgan fingerprint density at radius 1 is 0.352 bits per heavy atom.